The predicted molar refractivity (Wildman–Crippen MR) is 74.3 cm³/mol. The third kappa shape index (κ3) is 1.87. The fraction of sp³-hybridized carbons (Fsp3) is 0.867. The van der Waals surface area contributed by atoms with Crippen LogP contribution in [-0.4, -0.2) is 14.8 Å². The highest BCUT2D eigenvalue weighted by atomic mass is 15.4. The summed E-state index contributed by atoms with van der Waals surface area (Å²) in [6, 6.07) is 0. The van der Waals surface area contributed by atoms with Crippen LogP contribution in [0.2, 0.25) is 0 Å². The number of nitrogens with two attached hydrogens (primary N) is 1. The Balaban J connectivity index is 1.55. The van der Waals surface area contributed by atoms with E-state index in [4.69, 9.17) is 5.73 Å². The van der Waals surface area contributed by atoms with E-state index in [1.807, 2.05) is 4.68 Å². The molecular formula is C15H24N4. The normalized spacial score (nSPS) is 39.9. The van der Waals surface area contributed by atoms with Gasteiger partial charge in [-0.15, -0.1) is 0 Å². The summed E-state index contributed by atoms with van der Waals surface area (Å²) in [6.07, 6.45) is 8.25. The molecule has 0 amide bonds. The summed E-state index contributed by atoms with van der Waals surface area (Å²) in [7, 11) is 0. The molecule has 0 unspecified atom stereocenters. The van der Waals surface area contributed by atoms with Crippen molar-refractivity contribution < 1.29 is 0 Å². The minimum absolute atomic E-state index is 0.616. The van der Waals surface area contributed by atoms with Gasteiger partial charge >= 0.3 is 0 Å². The highest BCUT2D eigenvalue weighted by Crippen LogP contribution is 2.56. The molecule has 0 spiro atoms. The molecule has 0 aromatic carbocycles. The molecule has 1 heterocycles. The molecule has 0 radical (unpaired) electrons. The molecule has 0 atom stereocenters. The summed E-state index contributed by atoms with van der Waals surface area (Å²) in [5.74, 6) is 6.26. The van der Waals surface area contributed by atoms with E-state index >= 15 is 0 Å². The number of nitrogens with zero attached hydrogens (tertiary/aromatic N) is 3. The number of nitrogen functional groups attached to an aromatic ring is 1. The average molecular weight is 260 g/mol. The van der Waals surface area contributed by atoms with Crippen molar-refractivity contribution in [2.24, 2.45) is 29.6 Å². The second-order valence-corrected chi connectivity index (χ2v) is 7.02. The molecule has 4 aliphatic rings. The SMILES string of the molecule is CCc1nc(N)n(CC2C3CC4CC(C3)CC2C4)n1. The Hall–Kier alpha value is -1.06. The first-order valence-corrected chi connectivity index (χ1v) is 7.92. The summed E-state index contributed by atoms with van der Waals surface area (Å²) in [5.41, 5.74) is 6.01. The lowest BCUT2D eigenvalue weighted by Gasteiger charge is -2.54. The van der Waals surface area contributed by atoms with Crippen molar-refractivity contribution in [3.05, 3.63) is 5.82 Å². The molecule has 4 heteroatoms. The quantitative estimate of drug-likeness (QED) is 0.908. The second-order valence-electron chi connectivity index (χ2n) is 7.02. The highest BCUT2D eigenvalue weighted by molar-refractivity contribution is 5.16. The topological polar surface area (TPSA) is 56.7 Å². The van der Waals surface area contributed by atoms with Crippen molar-refractivity contribution in [2.75, 3.05) is 5.73 Å². The largest absolute Gasteiger partial charge is 0.368 e. The molecule has 4 nitrogen and oxygen atoms in total. The van der Waals surface area contributed by atoms with E-state index in [9.17, 15) is 0 Å². The highest BCUT2D eigenvalue weighted by Gasteiger charge is 2.48. The Morgan fingerprint density at radius 3 is 2.26 bits per heavy atom. The Morgan fingerprint density at radius 1 is 1.11 bits per heavy atom. The van der Waals surface area contributed by atoms with E-state index in [0.29, 0.717) is 5.95 Å². The standard InChI is InChI=1S/C15H24N4/c1-2-14-17-15(16)19(18-14)8-13-11-4-9-3-10(6-11)7-12(13)5-9/h9-13H,2-8H2,1H3,(H2,16,17,18). The lowest BCUT2D eigenvalue weighted by Crippen LogP contribution is -2.46. The van der Waals surface area contributed by atoms with Gasteiger partial charge < -0.3 is 5.73 Å². The average Bonchev–Trinajstić information content (AvgIpc) is 2.74. The summed E-state index contributed by atoms with van der Waals surface area (Å²) in [4.78, 5) is 4.34. The molecule has 1 aromatic rings. The third-order valence-electron chi connectivity index (χ3n) is 5.87. The Labute approximate surface area is 114 Å². The van der Waals surface area contributed by atoms with Gasteiger partial charge in [0.05, 0.1) is 0 Å². The van der Waals surface area contributed by atoms with Crippen LogP contribution in [0.25, 0.3) is 0 Å². The second kappa shape index (κ2) is 4.22. The van der Waals surface area contributed by atoms with Crippen molar-refractivity contribution in [1.82, 2.24) is 14.8 Å². The van der Waals surface area contributed by atoms with E-state index < -0.39 is 0 Å². The molecule has 4 aliphatic carbocycles. The number of hydrogen-bond acceptors (Lipinski definition) is 3. The maximum atomic E-state index is 6.01. The van der Waals surface area contributed by atoms with Crippen LogP contribution in [0.4, 0.5) is 5.95 Å². The molecule has 4 fully saturated rings. The van der Waals surface area contributed by atoms with Crippen molar-refractivity contribution >= 4 is 5.95 Å². The molecule has 5 rings (SSSR count). The molecule has 104 valence electrons. The first-order valence-electron chi connectivity index (χ1n) is 7.92. The maximum Gasteiger partial charge on any atom is 0.218 e. The van der Waals surface area contributed by atoms with Crippen LogP contribution in [0.5, 0.6) is 0 Å². The first kappa shape index (κ1) is 11.7. The van der Waals surface area contributed by atoms with Crippen molar-refractivity contribution in [2.45, 2.75) is 52.0 Å². The summed E-state index contributed by atoms with van der Waals surface area (Å²) in [5, 5.41) is 4.56. The number of anilines is 1. The number of rotatable bonds is 3. The molecule has 19 heavy (non-hydrogen) atoms. The minimum atomic E-state index is 0.616. The molecule has 2 N–H and O–H groups in total. The van der Waals surface area contributed by atoms with Gasteiger partial charge in [-0.3, -0.25) is 0 Å². The lowest BCUT2D eigenvalue weighted by atomic mass is 9.52. The van der Waals surface area contributed by atoms with E-state index in [1.165, 1.54) is 32.1 Å². The van der Waals surface area contributed by atoms with Crippen LogP contribution in [0.1, 0.15) is 44.9 Å². The molecular weight excluding hydrogens is 236 g/mol. The van der Waals surface area contributed by atoms with Gasteiger partial charge in [0, 0.05) is 13.0 Å². The van der Waals surface area contributed by atoms with E-state index in [-0.39, 0.29) is 0 Å². The summed E-state index contributed by atoms with van der Waals surface area (Å²) < 4.78 is 1.98. The monoisotopic (exact) mass is 260 g/mol. The van der Waals surface area contributed by atoms with Gasteiger partial charge in [-0.2, -0.15) is 10.1 Å². The maximum absolute atomic E-state index is 6.01. The molecule has 4 bridgehead atoms. The van der Waals surface area contributed by atoms with Gasteiger partial charge in [0.25, 0.3) is 0 Å². The Kier molecular flexibility index (Phi) is 2.61. The number of hydrogen-bond donors (Lipinski definition) is 1. The predicted octanol–water partition coefficient (Wildman–Crippen LogP) is 2.50. The van der Waals surface area contributed by atoms with Gasteiger partial charge in [0.2, 0.25) is 5.95 Å². The van der Waals surface area contributed by atoms with Crippen LogP contribution in [0.3, 0.4) is 0 Å². The molecule has 0 aliphatic heterocycles. The zero-order chi connectivity index (χ0) is 13.0. The lowest BCUT2D eigenvalue weighted by molar-refractivity contribution is -0.0440. The van der Waals surface area contributed by atoms with Crippen LogP contribution >= 0.6 is 0 Å². The zero-order valence-electron chi connectivity index (χ0n) is 11.8. The first-order chi connectivity index (χ1) is 9.22. The van der Waals surface area contributed by atoms with Crippen LogP contribution in [-0.2, 0) is 13.0 Å². The third-order valence-corrected chi connectivity index (χ3v) is 5.87. The van der Waals surface area contributed by atoms with E-state index in [2.05, 4.69) is 17.0 Å². The van der Waals surface area contributed by atoms with Gasteiger partial charge in [0.1, 0.15) is 0 Å². The van der Waals surface area contributed by atoms with Gasteiger partial charge in [0.15, 0.2) is 5.82 Å². The molecule has 4 saturated carbocycles. The van der Waals surface area contributed by atoms with Crippen molar-refractivity contribution in [1.29, 1.82) is 0 Å². The fourth-order valence-electron chi connectivity index (χ4n) is 5.22. The fourth-order valence-corrected chi connectivity index (χ4v) is 5.22. The Morgan fingerprint density at radius 2 is 1.74 bits per heavy atom. The minimum Gasteiger partial charge on any atom is -0.368 e. The van der Waals surface area contributed by atoms with Gasteiger partial charge in [-0.05, 0) is 61.7 Å². The smallest absolute Gasteiger partial charge is 0.218 e. The summed E-state index contributed by atoms with van der Waals surface area (Å²) >= 11 is 0. The zero-order valence-corrected chi connectivity index (χ0v) is 11.8. The van der Waals surface area contributed by atoms with Gasteiger partial charge in [-0.1, -0.05) is 6.92 Å². The molecule has 0 saturated heterocycles. The van der Waals surface area contributed by atoms with Crippen molar-refractivity contribution in [3.63, 3.8) is 0 Å². The van der Waals surface area contributed by atoms with Crippen molar-refractivity contribution in [3.8, 4) is 0 Å². The van der Waals surface area contributed by atoms with E-state index in [0.717, 1.165) is 48.4 Å². The Bertz CT molecular complexity index is 450. The van der Waals surface area contributed by atoms with Crippen LogP contribution in [0, 0.1) is 29.6 Å². The summed E-state index contributed by atoms with van der Waals surface area (Å²) in [6.45, 7) is 3.09. The molecule has 1 aromatic heterocycles. The van der Waals surface area contributed by atoms with E-state index in [1.54, 1.807) is 0 Å². The van der Waals surface area contributed by atoms with Crippen LogP contribution in [0.15, 0.2) is 0 Å². The van der Waals surface area contributed by atoms with Gasteiger partial charge in [-0.25, -0.2) is 4.68 Å². The van der Waals surface area contributed by atoms with Crippen LogP contribution < -0.4 is 5.73 Å². The number of aryl methyl sites for hydroxylation is 1. The number of aromatic nitrogens is 3.